The summed E-state index contributed by atoms with van der Waals surface area (Å²) in [6, 6.07) is 17.0. The second-order valence-electron chi connectivity index (χ2n) is 7.18. The third kappa shape index (κ3) is 2.23. The number of rotatable bonds is 1. The zero-order chi connectivity index (χ0) is 16.9. The molecule has 0 N–H and O–H groups in total. The van der Waals surface area contributed by atoms with Crippen molar-refractivity contribution in [1.82, 2.24) is 5.01 Å². The van der Waals surface area contributed by atoms with Gasteiger partial charge in [0.1, 0.15) is 0 Å². The van der Waals surface area contributed by atoms with Crippen LogP contribution in [-0.4, -0.2) is 23.0 Å². The van der Waals surface area contributed by atoms with E-state index in [9.17, 15) is 4.79 Å². The molecule has 0 aliphatic carbocycles. The van der Waals surface area contributed by atoms with Crippen LogP contribution >= 0.6 is 0 Å². The van der Waals surface area contributed by atoms with E-state index in [0.717, 1.165) is 12.2 Å². The third-order valence-corrected chi connectivity index (χ3v) is 4.86. The van der Waals surface area contributed by atoms with E-state index in [2.05, 4.69) is 74.3 Å². The summed E-state index contributed by atoms with van der Waals surface area (Å²) in [7, 11) is 0. The number of anilines is 1. The molecule has 0 unspecified atom stereocenters. The number of fused-ring (bicyclic) bond motifs is 3. The van der Waals surface area contributed by atoms with Gasteiger partial charge < -0.3 is 0 Å². The van der Waals surface area contributed by atoms with E-state index >= 15 is 0 Å². The fraction of sp³-hybridized carbons (Fsp3) is 0.286. The van der Waals surface area contributed by atoms with Crippen molar-refractivity contribution in [3.8, 4) is 0 Å². The van der Waals surface area contributed by atoms with Crippen LogP contribution in [0.15, 0.2) is 54.6 Å². The summed E-state index contributed by atoms with van der Waals surface area (Å²) in [6.07, 6.45) is 2.81. The standard InChI is InChI=1S/C21H22N2O/c1-15-9-10-19-17(13-15)18(16-7-5-4-6-8-16)14-21(2,3)23-20(24)11-12-22(19)23/h4-10,13-14H,11-12H2,1-3H3. The second-order valence-corrected chi connectivity index (χ2v) is 7.18. The molecule has 2 heterocycles. The van der Waals surface area contributed by atoms with Crippen molar-refractivity contribution in [2.75, 3.05) is 11.6 Å². The molecule has 1 fully saturated rings. The molecule has 0 radical (unpaired) electrons. The van der Waals surface area contributed by atoms with Crippen LogP contribution in [0.3, 0.4) is 0 Å². The first kappa shape index (κ1) is 15.0. The fourth-order valence-electron chi connectivity index (χ4n) is 3.84. The molecular formula is C21H22N2O. The van der Waals surface area contributed by atoms with E-state index in [1.54, 1.807) is 0 Å². The Labute approximate surface area is 143 Å². The Morgan fingerprint density at radius 3 is 2.54 bits per heavy atom. The van der Waals surface area contributed by atoms with Crippen LogP contribution in [0.1, 0.15) is 37.0 Å². The highest BCUT2D eigenvalue weighted by Crippen LogP contribution is 2.42. The predicted octanol–water partition coefficient (Wildman–Crippen LogP) is 4.17. The molecule has 0 aromatic heterocycles. The molecule has 1 amide bonds. The Bertz CT molecular complexity index is 836. The van der Waals surface area contributed by atoms with Crippen molar-refractivity contribution in [3.63, 3.8) is 0 Å². The van der Waals surface area contributed by atoms with Crippen LogP contribution in [0.4, 0.5) is 5.69 Å². The number of carbonyl (C=O) groups is 1. The first-order chi connectivity index (χ1) is 11.5. The van der Waals surface area contributed by atoms with Crippen LogP contribution in [-0.2, 0) is 4.79 Å². The van der Waals surface area contributed by atoms with Gasteiger partial charge in [0.2, 0.25) is 5.91 Å². The van der Waals surface area contributed by atoms with E-state index in [-0.39, 0.29) is 11.4 Å². The fourth-order valence-corrected chi connectivity index (χ4v) is 3.84. The van der Waals surface area contributed by atoms with E-state index in [0.29, 0.717) is 6.42 Å². The Morgan fingerprint density at radius 1 is 1.04 bits per heavy atom. The Hall–Kier alpha value is -2.55. The lowest BCUT2D eigenvalue weighted by atomic mass is 9.90. The Balaban J connectivity index is 2.01. The van der Waals surface area contributed by atoms with Gasteiger partial charge in [0.05, 0.1) is 11.2 Å². The molecule has 0 saturated carbocycles. The first-order valence-corrected chi connectivity index (χ1v) is 8.47. The first-order valence-electron chi connectivity index (χ1n) is 8.47. The van der Waals surface area contributed by atoms with Gasteiger partial charge in [-0.1, -0.05) is 42.0 Å². The molecule has 24 heavy (non-hydrogen) atoms. The highest BCUT2D eigenvalue weighted by atomic mass is 16.2. The molecule has 0 atom stereocenters. The predicted molar refractivity (Wildman–Crippen MR) is 97.6 cm³/mol. The van der Waals surface area contributed by atoms with Crippen molar-refractivity contribution in [2.24, 2.45) is 0 Å². The van der Waals surface area contributed by atoms with E-state index in [1.165, 1.54) is 22.3 Å². The molecule has 2 aliphatic rings. The number of carbonyl (C=O) groups excluding carboxylic acids is 1. The van der Waals surface area contributed by atoms with Gasteiger partial charge in [0.25, 0.3) is 0 Å². The van der Waals surface area contributed by atoms with Gasteiger partial charge in [0.15, 0.2) is 0 Å². The molecule has 0 spiro atoms. The summed E-state index contributed by atoms with van der Waals surface area (Å²) in [5.41, 5.74) is 5.56. The number of hydrazine groups is 1. The maximum absolute atomic E-state index is 12.6. The topological polar surface area (TPSA) is 23.6 Å². The minimum absolute atomic E-state index is 0.192. The van der Waals surface area contributed by atoms with Crippen LogP contribution in [0.2, 0.25) is 0 Å². The molecule has 4 rings (SSSR count). The van der Waals surface area contributed by atoms with Gasteiger partial charge in [-0.15, -0.1) is 0 Å². The lowest BCUT2D eigenvalue weighted by Crippen LogP contribution is -2.51. The quantitative estimate of drug-likeness (QED) is 0.788. The molecule has 2 aliphatic heterocycles. The number of benzene rings is 2. The minimum Gasteiger partial charge on any atom is -0.281 e. The molecular weight excluding hydrogens is 296 g/mol. The van der Waals surface area contributed by atoms with Crippen molar-refractivity contribution in [1.29, 1.82) is 0 Å². The van der Waals surface area contributed by atoms with Crippen molar-refractivity contribution in [3.05, 3.63) is 71.3 Å². The maximum atomic E-state index is 12.6. The van der Waals surface area contributed by atoms with Gasteiger partial charge in [-0.25, -0.2) is 5.01 Å². The summed E-state index contributed by atoms with van der Waals surface area (Å²) >= 11 is 0. The van der Waals surface area contributed by atoms with E-state index < -0.39 is 0 Å². The summed E-state index contributed by atoms with van der Waals surface area (Å²) in [5.74, 6) is 0.192. The molecule has 1 saturated heterocycles. The number of aryl methyl sites for hydroxylation is 1. The molecule has 3 heteroatoms. The molecule has 2 aromatic carbocycles. The van der Waals surface area contributed by atoms with Gasteiger partial charge >= 0.3 is 0 Å². The summed E-state index contributed by atoms with van der Waals surface area (Å²) in [5, 5.41) is 4.08. The van der Waals surface area contributed by atoms with Crippen LogP contribution in [0, 0.1) is 6.92 Å². The average Bonchev–Trinajstić information content (AvgIpc) is 2.91. The monoisotopic (exact) mass is 318 g/mol. The third-order valence-electron chi connectivity index (χ3n) is 4.86. The van der Waals surface area contributed by atoms with Gasteiger partial charge in [0, 0.05) is 18.5 Å². The average molecular weight is 318 g/mol. The highest BCUT2D eigenvalue weighted by molar-refractivity contribution is 5.92. The minimum atomic E-state index is -0.369. The summed E-state index contributed by atoms with van der Waals surface area (Å²) < 4.78 is 0. The highest BCUT2D eigenvalue weighted by Gasteiger charge is 2.42. The molecule has 0 bridgehead atoms. The summed E-state index contributed by atoms with van der Waals surface area (Å²) in [6.45, 7) is 7.09. The Morgan fingerprint density at radius 2 is 1.79 bits per heavy atom. The largest absolute Gasteiger partial charge is 0.281 e. The maximum Gasteiger partial charge on any atom is 0.243 e. The smallest absolute Gasteiger partial charge is 0.243 e. The number of hydrogen-bond donors (Lipinski definition) is 0. The van der Waals surface area contributed by atoms with E-state index in [1.807, 2.05) is 11.1 Å². The van der Waals surface area contributed by atoms with Crippen molar-refractivity contribution < 1.29 is 4.79 Å². The van der Waals surface area contributed by atoms with Gasteiger partial charge in [-0.05, 0) is 50.1 Å². The lowest BCUT2D eigenvalue weighted by Gasteiger charge is -2.39. The molecule has 3 nitrogen and oxygen atoms in total. The lowest BCUT2D eigenvalue weighted by molar-refractivity contribution is -0.131. The number of hydrogen-bond acceptors (Lipinski definition) is 2. The molecule has 2 aromatic rings. The normalized spacial score (nSPS) is 18.8. The van der Waals surface area contributed by atoms with Gasteiger partial charge in [-0.2, -0.15) is 0 Å². The SMILES string of the molecule is Cc1ccc2c(c1)C(c1ccccc1)=CC(C)(C)N1C(=O)CCN21. The zero-order valence-corrected chi connectivity index (χ0v) is 14.4. The van der Waals surface area contributed by atoms with Gasteiger partial charge in [-0.3, -0.25) is 9.80 Å². The zero-order valence-electron chi connectivity index (χ0n) is 14.4. The van der Waals surface area contributed by atoms with Crippen LogP contribution in [0.25, 0.3) is 5.57 Å². The van der Waals surface area contributed by atoms with Crippen LogP contribution in [0.5, 0.6) is 0 Å². The van der Waals surface area contributed by atoms with Crippen molar-refractivity contribution >= 4 is 17.2 Å². The molecule has 122 valence electrons. The Kier molecular flexibility index (Phi) is 3.27. The van der Waals surface area contributed by atoms with E-state index in [4.69, 9.17) is 0 Å². The van der Waals surface area contributed by atoms with Crippen molar-refractivity contribution in [2.45, 2.75) is 32.7 Å². The summed E-state index contributed by atoms with van der Waals surface area (Å²) in [4.78, 5) is 12.6. The number of amides is 1. The number of nitrogens with zero attached hydrogens (tertiary/aromatic N) is 2. The van der Waals surface area contributed by atoms with Crippen LogP contribution < -0.4 is 5.01 Å². The second kappa shape index (κ2) is 5.23.